The Hall–Kier alpha value is -0.550. The second-order valence-corrected chi connectivity index (χ2v) is 4.52. The average Bonchev–Trinajstić information content (AvgIpc) is 2.63. The Balaban J connectivity index is 1.93. The van der Waals surface area contributed by atoms with Crippen LogP contribution in [0.25, 0.3) is 0 Å². The van der Waals surface area contributed by atoms with Gasteiger partial charge in [-0.1, -0.05) is 0 Å². The molecule has 0 aliphatic rings. The maximum Gasteiger partial charge on any atom is 0.151 e. The molecule has 86 valence electrons. The van der Waals surface area contributed by atoms with E-state index in [1.807, 2.05) is 18.8 Å². The van der Waals surface area contributed by atoms with E-state index in [1.165, 1.54) is 18.6 Å². The number of nitrogens with zero attached hydrogens (tertiary/aromatic N) is 3. The van der Waals surface area contributed by atoms with Crippen LogP contribution in [0.1, 0.15) is 18.7 Å². The molecule has 0 atom stereocenters. The Morgan fingerprint density at radius 3 is 2.93 bits per heavy atom. The Kier molecular flexibility index (Phi) is 6.43. The lowest BCUT2D eigenvalue weighted by Crippen LogP contribution is -2.19. The van der Waals surface area contributed by atoms with Gasteiger partial charge in [0, 0.05) is 20.0 Å². The Morgan fingerprint density at radius 1 is 1.40 bits per heavy atom. The van der Waals surface area contributed by atoms with Crippen LogP contribution in [0.3, 0.4) is 0 Å². The third-order valence-corrected chi connectivity index (χ3v) is 2.82. The third kappa shape index (κ3) is 5.79. The predicted molar refractivity (Wildman–Crippen MR) is 65.2 cm³/mol. The molecule has 0 amide bonds. The van der Waals surface area contributed by atoms with Crippen molar-refractivity contribution in [1.82, 2.24) is 20.1 Å². The summed E-state index contributed by atoms with van der Waals surface area (Å²) in [6.07, 6.45) is 7.38. The summed E-state index contributed by atoms with van der Waals surface area (Å²) < 4.78 is 1.74. The van der Waals surface area contributed by atoms with E-state index in [-0.39, 0.29) is 0 Å². The van der Waals surface area contributed by atoms with E-state index < -0.39 is 0 Å². The number of aromatic nitrogens is 3. The highest BCUT2D eigenvalue weighted by Gasteiger charge is 1.97. The number of rotatable bonds is 8. The van der Waals surface area contributed by atoms with Crippen LogP contribution in [-0.4, -0.2) is 39.9 Å². The van der Waals surface area contributed by atoms with Gasteiger partial charge in [-0.25, -0.2) is 4.98 Å². The van der Waals surface area contributed by atoms with Crippen LogP contribution in [0.5, 0.6) is 0 Å². The molecule has 1 rings (SSSR count). The van der Waals surface area contributed by atoms with E-state index in [0.717, 1.165) is 25.3 Å². The van der Waals surface area contributed by atoms with Crippen molar-refractivity contribution >= 4 is 11.8 Å². The van der Waals surface area contributed by atoms with Crippen molar-refractivity contribution in [2.24, 2.45) is 7.05 Å². The molecule has 1 aromatic heterocycles. The average molecular weight is 228 g/mol. The van der Waals surface area contributed by atoms with Crippen LogP contribution in [-0.2, 0) is 13.5 Å². The molecule has 5 heteroatoms. The Morgan fingerprint density at radius 2 is 2.27 bits per heavy atom. The lowest BCUT2D eigenvalue weighted by Gasteiger charge is -2.02. The van der Waals surface area contributed by atoms with E-state index in [9.17, 15) is 0 Å². The maximum atomic E-state index is 4.22. The van der Waals surface area contributed by atoms with Crippen molar-refractivity contribution < 1.29 is 0 Å². The summed E-state index contributed by atoms with van der Waals surface area (Å²) in [5.74, 6) is 2.19. The molecule has 15 heavy (non-hydrogen) atoms. The SMILES string of the molecule is CSCCCCNCCc1ncn(C)n1. The van der Waals surface area contributed by atoms with Crippen LogP contribution >= 0.6 is 11.8 Å². The molecule has 1 heterocycles. The minimum Gasteiger partial charge on any atom is -0.316 e. The van der Waals surface area contributed by atoms with Gasteiger partial charge in [-0.3, -0.25) is 4.68 Å². The molecular weight excluding hydrogens is 208 g/mol. The minimum atomic E-state index is 0.920. The maximum absolute atomic E-state index is 4.22. The first-order valence-electron chi connectivity index (χ1n) is 5.37. The summed E-state index contributed by atoms with van der Waals surface area (Å²) in [5.41, 5.74) is 0. The van der Waals surface area contributed by atoms with Gasteiger partial charge in [-0.05, 0) is 31.4 Å². The molecule has 0 spiro atoms. The van der Waals surface area contributed by atoms with Crippen molar-refractivity contribution in [1.29, 1.82) is 0 Å². The van der Waals surface area contributed by atoms with Crippen molar-refractivity contribution in [3.05, 3.63) is 12.2 Å². The van der Waals surface area contributed by atoms with Gasteiger partial charge < -0.3 is 5.32 Å². The van der Waals surface area contributed by atoms with Crippen LogP contribution in [0.2, 0.25) is 0 Å². The molecule has 0 aromatic carbocycles. The number of hydrogen-bond donors (Lipinski definition) is 1. The van der Waals surface area contributed by atoms with Crippen LogP contribution in [0.4, 0.5) is 0 Å². The summed E-state index contributed by atoms with van der Waals surface area (Å²) in [6.45, 7) is 2.08. The van der Waals surface area contributed by atoms with E-state index in [4.69, 9.17) is 0 Å². The van der Waals surface area contributed by atoms with Gasteiger partial charge in [0.1, 0.15) is 6.33 Å². The molecule has 0 unspecified atom stereocenters. The fraction of sp³-hybridized carbons (Fsp3) is 0.800. The highest BCUT2D eigenvalue weighted by Crippen LogP contribution is 1.97. The summed E-state index contributed by atoms with van der Waals surface area (Å²) >= 11 is 1.91. The Bertz CT molecular complexity index is 262. The smallest absolute Gasteiger partial charge is 0.151 e. The summed E-state index contributed by atoms with van der Waals surface area (Å²) in [4.78, 5) is 4.17. The molecule has 0 bridgehead atoms. The summed E-state index contributed by atoms with van der Waals surface area (Å²) in [7, 11) is 1.90. The van der Waals surface area contributed by atoms with E-state index in [2.05, 4.69) is 21.7 Å². The number of hydrogen-bond acceptors (Lipinski definition) is 4. The lowest BCUT2D eigenvalue weighted by atomic mass is 10.3. The highest BCUT2D eigenvalue weighted by atomic mass is 32.2. The van der Waals surface area contributed by atoms with Gasteiger partial charge in [0.15, 0.2) is 5.82 Å². The summed E-state index contributed by atoms with van der Waals surface area (Å²) in [5, 5.41) is 7.62. The van der Waals surface area contributed by atoms with Crippen molar-refractivity contribution in [2.75, 3.05) is 25.1 Å². The van der Waals surface area contributed by atoms with Gasteiger partial charge in [0.2, 0.25) is 0 Å². The first-order chi connectivity index (χ1) is 7.33. The second-order valence-electron chi connectivity index (χ2n) is 3.53. The summed E-state index contributed by atoms with van der Waals surface area (Å²) in [6, 6.07) is 0. The van der Waals surface area contributed by atoms with E-state index in [0.29, 0.717) is 0 Å². The topological polar surface area (TPSA) is 42.7 Å². The molecule has 0 aliphatic carbocycles. The zero-order valence-electron chi connectivity index (χ0n) is 9.57. The molecule has 1 aromatic rings. The first-order valence-corrected chi connectivity index (χ1v) is 6.76. The zero-order chi connectivity index (χ0) is 10.9. The zero-order valence-corrected chi connectivity index (χ0v) is 10.4. The third-order valence-electron chi connectivity index (χ3n) is 2.12. The first kappa shape index (κ1) is 12.5. The van der Waals surface area contributed by atoms with Gasteiger partial charge in [0.25, 0.3) is 0 Å². The van der Waals surface area contributed by atoms with Gasteiger partial charge in [-0.2, -0.15) is 16.9 Å². The number of nitrogens with one attached hydrogen (secondary N) is 1. The van der Waals surface area contributed by atoms with Gasteiger partial charge >= 0.3 is 0 Å². The monoisotopic (exact) mass is 228 g/mol. The quantitative estimate of drug-likeness (QED) is 0.676. The standard InChI is InChI=1S/C10H20N4S/c1-14-9-12-10(13-14)5-7-11-6-3-4-8-15-2/h9,11H,3-8H2,1-2H3. The fourth-order valence-corrected chi connectivity index (χ4v) is 1.81. The normalized spacial score (nSPS) is 10.8. The van der Waals surface area contributed by atoms with Gasteiger partial charge in [0.05, 0.1) is 0 Å². The van der Waals surface area contributed by atoms with Crippen LogP contribution in [0.15, 0.2) is 6.33 Å². The highest BCUT2D eigenvalue weighted by molar-refractivity contribution is 7.98. The molecule has 0 saturated heterocycles. The number of thioether (sulfide) groups is 1. The molecule has 0 fully saturated rings. The van der Waals surface area contributed by atoms with E-state index in [1.54, 1.807) is 11.0 Å². The molecule has 0 radical (unpaired) electrons. The largest absolute Gasteiger partial charge is 0.316 e. The van der Waals surface area contributed by atoms with Crippen molar-refractivity contribution in [3.8, 4) is 0 Å². The van der Waals surface area contributed by atoms with Crippen molar-refractivity contribution in [2.45, 2.75) is 19.3 Å². The lowest BCUT2D eigenvalue weighted by molar-refractivity contribution is 0.629. The molecule has 0 aliphatic heterocycles. The molecule has 1 N–H and O–H groups in total. The minimum absolute atomic E-state index is 0.920. The second kappa shape index (κ2) is 7.70. The van der Waals surface area contributed by atoms with Crippen LogP contribution < -0.4 is 5.32 Å². The number of unbranched alkanes of at least 4 members (excludes halogenated alkanes) is 1. The predicted octanol–water partition coefficient (Wildman–Crippen LogP) is 1.09. The molecular formula is C10H20N4S. The van der Waals surface area contributed by atoms with Gasteiger partial charge in [-0.15, -0.1) is 0 Å². The van der Waals surface area contributed by atoms with Crippen LogP contribution in [0, 0.1) is 0 Å². The van der Waals surface area contributed by atoms with Crippen molar-refractivity contribution in [3.63, 3.8) is 0 Å². The fourth-order valence-electron chi connectivity index (χ4n) is 1.32. The number of aryl methyl sites for hydroxylation is 1. The van der Waals surface area contributed by atoms with E-state index >= 15 is 0 Å². The molecule has 4 nitrogen and oxygen atoms in total. The molecule has 0 saturated carbocycles. The Labute approximate surface area is 95.9 Å².